The molecule has 2 heterocycles. The van der Waals surface area contributed by atoms with E-state index in [1.165, 1.54) is 17.4 Å². The minimum atomic E-state index is -3.32. The molecule has 144 valence electrons. The Balaban J connectivity index is 1.75. The molecule has 2 N–H and O–H groups in total. The van der Waals surface area contributed by atoms with Crippen LogP contribution in [0.1, 0.15) is 24.7 Å². The number of fused-ring (bicyclic) bond motifs is 1. The number of nitrogens with zero attached hydrogens (tertiary/aromatic N) is 3. The van der Waals surface area contributed by atoms with Gasteiger partial charge in [-0.25, -0.2) is 22.2 Å². The van der Waals surface area contributed by atoms with Crippen molar-refractivity contribution in [3.8, 4) is 0 Å². The number of likely N-dealkylation sites (N-methyl/N-ethyl adjacent to an activating group) is 1. The number of hydrazine groups is 1. The van der Waals surface area contributed by atoms with Crippen LogP contribution in [0.5, 0.6) is 0 Å². The molecule has 0 radical (unpaired) electrons. The van der Waals surface area contributed by atoms with Gasteiger partial charge < -0.3 is 15.4 Å². The summed E-state index contributed by atoms with van der Waals surface area (Å²) in [5, 5.41) is 0. The van der Waals surface area contributed by atoms with Crippen LogP contribution in [0.4, 0.5) is 8.78 Å². The second-order valence-corrected chi connectivity index (χ2v) is 8.94. The van der Waals surface area contributed by atoms with Gasteiger partial charge in [-0.1, -0.05) is 0 Å². The van der Waals surface area contributed by atoms with Crippen LogP contribution >= 0.6 is 0 Å². The number of rotatable bonds is 5. The number of sulfonamides is 1. The summed E-state index contributed by atoms with van der Waals surface area (Å²) in [7, 11) is -1.84. The van der Waals surface area contributed by atoms with Crippen molar-refractivity contribution in [3.63, 3.8) is 0 Å². The highest BCUT2D eigenvalue weighted by molar-refractivity contribution is 7.88. The molecule has 1 saturated carbocycles. The lowest BCUT2D eigenvalue weighted by atomic mass is 10.2. The summed E-state index contributed by atoms with van der Waals surface area (Å²) in [4.78, 5) is 4.51. The van der Waals surface area contributed by atoms with E-state index in [-0.39, 0.29) is 12.6 Å². The lowest BCUT2D eigenvalue weighted by Crippen LogP contribution is -2.37. The topological polar surface area (TPSA) is 79.3 Å². The van der Waals surface area contributed by atoms with E-state index in [1.54, 1.807) is 12.3 Å². The summed E-state index contributed by atoms with van der Waals surface area (Å²) >= 11 is 0. The van der Waals surface area contributed by atoms with E-state index in [2.05, 4.69) is 15.8 Å². The monoisotopic (exact) mass is 395 g/mol. The zero-order chi connectivity index (χ0) is 19.3. The van der Waals surface area contributed by atoms with Crippen molar-refractivity contribution in [2.75, 3.05) is 19.8 Å². The first-order valence-corrected chi connectivity index (χ1v) is 10.3. The van der Waals surface area contributed by atoms with Crippen molar-refractivity contribution < 1.29 is 17.2 Å². The maximum Gasteiger partial charge on any atom is 0.211 e. The number of halogens is 2. The Morgan fingerprint density at radius 3 is 2.67 bits per heavy atom. The van der Waals surface area contributed by atoms with E-state index in [0.29, 0.717) is 28.1 Å². The van der Waals surface area contributed by atoms with Crippen LogP contribution in [-0.4, -0.2) is 42.1 Å². The molecule has 0 bridgehead atoms. The third-order valence-electron chi connectivity index (χ3n) is 4.65. The average molecular weight is 395 g/mol. The number of hydrogen-bond donors (Lipinski definition) is 2. The van der Waals surface area contributed by atoms with Gasteiger partial charge >= 0.3 is 0 Å². The minimum absolute atomic E-state index is 0.149. The van der Waals surface area contributed by atoms with E-state index in [4.69, 9.17) is 0 Å². The second kappa shape index (κ2) is 6.31. The average Bonchev–Trinajstić information content (AvgIpc) is 3.37. The van der Waals surface area contributed by atoms with Gasteiger partial charge in [0.1, 0.15) is 5.82 Å². The van der Waals surface area contributed by atoms with E-state index in [9.17, 15) is 17.2 Å². The van der Waals surface area contributed by atoms with Crippen molar-refractivity contribution in [1.29, 1.82) is 0 Å². The Hall–Kier alpha value is -2.46. The molecule has 0 amide bonds. The van der Waals surface area contributed by atoms with Crippen LogP contribution in [0.15, 0.2) is 30.1 Å². The number of hydrogen-bond acceptors (Lipinski definition) is 5. The fraction of sp³-hybridized carbons (Fsp3) is 0.353. The molecule has 1 aromatic heterocycles. The lowest BCUT2D eigenvalue weighted by Gasteiger charge is -2.21. The molecule has 0 spiro atoms. The molecule has 7 nitrogen and oxygen atoms in total. The van der Waals surface area contributed by atoms with Crippen LogP contribution in [0.2, 0.25) is 0 Å². The van der Waals surface area contributed by atoms with E-state index in [0.717, 1.165) is 25.2 Å². The van der Waals surface area contributed by atoms with Crippen molar-refractivity contribution in [2.45, 2.75) is 18.9 Å². The predicted molar refractivity (Wildman–Crippen MR) is 97.7 cm³/mol. The molecular formula is C17H19F2N5O2S. The van der Waals surface area contributed by atoms with Gasteiger partial charge in [-0.05, 0) is 18.9 Å². The van der Waals surface area contributed by atoms with E-state index < -0.39 is 21.7 Å². The molecule has 0 atom stereocenters. The molecule has 0 unspecified atom stereocenters. The molecule has 1 aliphatic carbocycles. The Kier molecular flexibility index (Phi) is 4.19. The third-order valence-corrected chi connectivity index (χ3v) is 5.91. The van der Waals surface area contributed by atoms with E-state index >= 15 is 0 Å². The van der Waals surface area contributed by atoms with Crippen LogP contribution in [0.3, 0.4) is 0 Å². The molecule has 1 aliphatic heterocycles. The maximum atomic E-state index is 13.8. The predicted octanol–water partition coefficient (Wildman–Crippen LogP) is 1.87. The molecule has 4 rings (SSSR count). The minimum Gasteiger partial charge on any atom is -0.321 e. The van der Waals surface area contributed by atoms with Gasteiger partial charge in [0.05, 0.1) is 23.8 Å². The van der Waals surface area contributed by atoms with Gasteiger partial charge in [0.15, 0.2) is 11.6 Å². The van der Waals surface area contributed by atoms with Crippen molar-refractivity contribution in [1.82, 2.24) is 24.7 Å². The Morgan fingerprint density at radius 2 is 2.00 bits per heavy atom. The molecule has 27 heavy (non-hydrogen) atoms. The maximum absolute atomic E-state index is 13.8. The zero-order valence-electron chi connectivity index (χ0n) is 14.8. The second-order valence-electron chi connectivity index (χ2n) is 6.85. The van der Waals surface area contributed by atoms with Gasteiger partial charge in [0, 0.05) is 42.7 Å². The molecule has 0 saturated heterocycles. The lowest BCUT2D eigenvalue weighted by molar-refractivity contribution is 0.484. The van der Waals surface area contributed by atoms with Crippen molar-refractivity contribution in [2.24, 2.45) is 0 Å². The SMILES string of the molecule is CN(CC1=CC(c2nc3cc(F)c(F)cc3n2C2CC2)=CNN1)S(C)(=O)=O. The Morgan fingerprint density at radius 1 is 1.30 bits per heavy atom. The number of allylic oxidation sites excluding steroid dienone is 2. The largest absolute Gasteiger partial charge is 0.321 e. The van der Waals surface area contributed by atoms with Crippen LogP contribution in [0.25, 0.3) is 16.6 Å². The number of benzene rings is 1. The molecule has 1 fully saturated rings. The number of nitrogens with one attached hydrogen (secondary N) is 2. The Labute approximate surface area is 155 Å². The summed E-state index contributed by atoms with van der Waals surface area (Å²) in [6.07, 6.45) is 6.51. The molecule has 2 aromatic rings. The van der Waals surface area contributed by atoms with E-state index in [1.807, 2.05) is 4.57 Å². The smallest absolute Gasteiger partial charge is 0.211 e. The molecular weight excluding hydrogens is 376 g/mol. The number of aromatic nitrogens is 2. The molecule has 1 aromatic carbocycles. The van der Waals surface area contributed by atoms with Gasteiger partial charge in [-0.2, -0.15) is 4.31 Å². The van der Waals surface area contributed by atoms with Crippen LogP contribution < -0.4 is 10.9 Å². The highest BCUT2D eigenvalue weighted by Gasteiger charge is 2.30. The summed E-state index contributed by atoms with van der Waals surface area (Å²) in [5.41, 5.74) is 8.07. The van der Waals surface area contributed by atoms with Crippen LogP contribution in [-0.2, 0) is 10.0 Å². The van der Waals surface area contributed by atoms with Crippen molar-refractivity contribution in [3.05, 3.63) is 47.6 Å². The normalized spacial score (nSPS) is 17.5. The zero-order valence-corrected chi connectivity index (χ0v) is 15.6. The summed E-state index contributed by atoms with van der Waals surface area (Å²) in [6.45, 7) is 0.149. The highest BCUT2D eigenvalue weighted by atomic mass is 32.2. The van der Waals surface area contributed by atoms with Crippen LogP contribution in [0, 0.1) is 11.6 Å². The molecule has 2 aliphatic rings. The summed E-state index contributed by atoms with van der Waals surface area (Å²) < 4.78 is 53.8. The highest BCUT2D eigenvalue weighted by Crippen LogP contribution is 2.40. The fourth-order valence-corrected chi connectivity index (χ4v) is 3.41. The van der Waals surface area contributed by atoms with Gasteiger partial charge in [0.2, 0.25) is 10.0 Å². The Bertz CT molecular complexity index is 1090. The molecule has 10 heteroatoms. The quantitative estimate of drug-likeness (QED) is 0.808. The van der Waals surface area contributed by atoms with Crippen molar-refractivity contribution >= 4 is 26.6 Å². The van der Waals surface area contributed by atoms with Gasteiger partial charge in [-0.3, -0.25) is 0 Å². The third kappa shape index (κ3) is 3.42. The standard InChI is InChI=1S/C17H19F2N5O2S/c1-23(27(2,25)26)9-11-5-10(8-20-22-11)17-21-15-6-13(18)14(19)7-16(15)24(17)12-3-4-12/h5-8,12,20,22H,3-4,9H2,1-2H3. The number of imidazole rings is 1. The first kappa shape index (κ1) is 17.9. The first-order valence-electron chi connectivity index (χ1n) is 8.45. The summed E-state index contributed by atoms with van der Waals surface area (Å²) in [6, 6.07) is 2.47. The van der Waals surface area contributed by atoms with Gasteiger partial charge in [0.25, 0.3) is 0 Å². The first-order chi connectivity index (χ1) is 12.7. The summed E-state index contributed by atoms with van der Waals surface area (Å²) in [5.74, 6) is -1.25. The fourth-order valence-electron chi connectivity index (χ4n) is 3.04. The van der Waals surface area contributed by atoms with Gasteiger partial charge in [-0.15, -0.1) is 0 Å².